The number of rotatable bonds is 1. The highest BCUT2D eigenvalue weighted by Crippen LogP contribution is 2.30. The number of nitrogens with zero attached hydrogens (tertiary/aromatic N) is 2. The van der Waals surface area contributed by atoms with Gasteiger partial charge in [-0.1, -0.05) is 6.07 Å². The molecule has 98 valence electrons. The van der Waals surface area contributed by atoms with Gasteiger partial charge in [0.15, 0.2) is 0 Å². The maximum Gasteiger partial charge on any atom is 0.146 e. The van der Waals surface area contributed by atoms with E-state index in [4.69, 9.17) is 0 Å². The van der Waals surface area contributed by atoms with Crippen LogP contribution in [0.3, 0.4) is 0 Å². The quantitative estimate of drug-likeness (QED) is 0.754. The first-order valence-electron chi connectivity index (χ1n) is 6.92. The Morgan fingerprint density at radius 1 is 1.28 bits per heavy atom. The zero-order valence-electron chi connectivity index (χ0n) is 11.2. The van der Waals surface area contributed by atoms with Crippen LogP contribution in [0.25, 0.3) is 0 Å². The Morgan fingerprint density at radius 3 is 2.94 bits per heavy atom. The summed E-state index contributed by atoms with van der Waals surface area (Å²) in [6.45, 7) is 7.49. The van der Waals surface area contributed by atoms with E-state index in [0.29, 0.717) is 12.1 Å². The second kappa shape index (κ2) is 4.54. The Morgan fingerprint density at radius 2 is 2.11 bits per heavy atom. The molecule has 3 rings (SSSR count). The van der Waals surface area contributed by atoms with Crippen molar-refractivity contribution >= 4 is 5.69 Å². The monoisotopic (exact) mass is 248 g/mol. The number of hydrogen-bond acceptors (Lipinski definition) is 2. The normalized spacial score (nSPS) is 28.5. The highest BCUT2D eigenvalue weighted by molar-refractivity contribution is 5.51. The predicted octanol–water partition coefficient (Wildman–Crippen LogP) is 2.81. The molecule has 3 heteroatoms. The number of benzene rings is 1. The van der Waals surface area contributed by atoms with Crippen LogP contribution in [-0.2, 0) is 0 Å². The maximum atomic E-state index is 14.0. The summed E-state index contributed by atoms with van der Waals surface area (Å²) in [7, 11) is 0. The van der Waals surface area contributed by atoms with Gasteiger partial charge in [0.25, 0.3) is 0 Å². The number of piperazine rings is 1. The van der Waals surface area contributed by atoms with Crippen LogP contribution in [0.2, 0.25) is 0 Å². The fraction of sp³-hybridized carbons (Fsp3) is 0.600. The lowest BCUT2D eigenvalue weighted by Crippen LogP contribution is -2.55. The summed E-state index contributed by atoms with van der Waals surface area (Å²) in [4.78, 5) is 4.82. The Hall–Kier alpha value is -1.09. The van der Waals surface area contributed by atoms with Crippen molar-refractivity contribution in [2.45, 2.75) is 38.8 Å². The van der Waals surface area contributed by atoms with Gasteiger partial charge in [0.1, 0.15) is 5.82 Å². The predicted molar refractivity (Wildman–Crippen MR) is 72.5 cm³/mol. The molecule has 0 amide bonds. The molecule has 0 aromatic heterocycles. The molecule has 1 aromatic rings. The van der Waals surface area contributed by atoms with Gasteiger partial charge < -0.3 is 4.90 Å². The molecule has 18 heavy (non-hydrogen) atoms. The maximum absolute atomic E-state index is 14.0. The highest BCUT2D eigenvalue weighted by atomic mass is 19.1. The summed E-state index contributed by atoms with van der Waals surface area (Å²) in [6, 6.07) is 6.45. The molecule has 2 aliphatic rings. The first kappa shape index (κ1) is 12.0. The van der Waals surface area contributed by atoms with E-state index >= 15 is 0 Å². The SMILES string of the molecule is Cc1ccc(F)c(N2CC3CCCN3CC2C)c1. The molecule has 2 saturated heterocycles. The zero-order valence-corrected chi connectivity index (χ0v) is 11.2. The molecule has 2 unspecified atom stereocenters. The molecule has 2 aliphatic heterocycles. The first-order chi connectivity index (χ1) is 8.65. The van der Waals surface area contributed by atoms with Gasteiger partial charge in [0.2, 0.25) is 0 Å². The smallest absolute Gasteiger partial charge is 0.146 e. The van der Waals surface area contributed by atoms with Crippen molar-refractivity contribution < 1.29 is 4.39 Å². The molecule has 0 N–H and O–H groups in total. The van der Waals surface area contributed by atoms with Crippen LogP contribution in [0.1, 0.15) is 25.3 Å². The second-order valence-corrected chi connectivity index (χ2v) is 5.75. The highest BCUT2D eigenvalue weighted by Gasteiger charge is 2.35. The Balaban J connectivity index is 1.88. The van der Waals surface area contributed by atoms with Crippen LogP contribution in [0, 0.1) is 12.7 Å². The van der Waals surface area contributed by atoms with E-state index in [1.165, 1.54) is 19.4 Å². The summed E-state index contributed by atoms with van der Waals surface area (Å²) >= 11 is 0. The van der Waals surface area contributed by atoms with Gasteiger partial charge in [0, 0.05) is 25.2 Å². The lowest BCUT2D eigenvalue weighted by atomic mass is 10.1. The summed E-state index contributed by atoms with van der Waals surface area (Å²) in [5.74, 6) is -0.0844. The Kier molecular flexibility index (Phi) is 3.02. The van der Waals surface area contributed by atoms with Gasteiger partial charge in [0.05, 0.1) is 5.69 Å². The van der Waals surface area contributed by atoms with Gasteiger partial charge in [-0.15, -0.1) is 0 Å². The molecular weight excluding hydrogens is 227 g/mol. The topological polar surface area (TPSA) is 6.48 Å². The molecule has 0 radical (unpaired) electrons. The van der Waals surface area contributed by atoms with Gasteiger partial charge in [-0.25, -0.2) is 4.39 Å². The zero-order chi connectivity index (χ0) is 12.7. The third-order valence-corrected chi connectivity index (χ3v) is 4.35. The third-order valence-electron chi connectivity index (χ3n) is 4.35. The average Bonchev–Trinajstić information content (AvgIpc) is 2.78. The van der Waals surface area contributed by atoms with Crippen molar-refractivity contribution in [3.8, 4) is 0 Å². The molecule has 2 fully saturated rings. The van der Waals surface area contributed by atoms with E-state index < -0.39 is 0 Å². The molecule has 0 aliphatic carbocycles. The number of anilines is 1. The van der Waals surface area contributed by atoms with Gasteiger partial charge in [-0.2, -0.15) is 0 Å². The Labute approximate surface area is 108 Å². The minimum atomic E-state index is -0.0844. The summed E-state index contributed by atoms with van der Waals surface area (Å²) in [5, 5.41) is 0. The molecule has 2 atom stereocenters. The van der Waals surface area contributed by atoms with Crippen LogP contribution in [0.15, 0.2) is 18.2 Å². The van der Waals surface area contributed by atoms with Gasteiger partial charge in [-0.05, 0) is 50.9 Å². The van der Waals surface area contributed by atoms with Crippen molar-refractivity contribution in [2.75, 3.05) is 24.5 Å². The summed E-state index contributed by atoms with van der Waals surface area (Å²) in [5.41, 5.74) is 1.92. The molecule has 0 spiro atoms. The largest absolute Gasteiger partial charge is 0.364 e. The number of hydrogen-bond donors (Lipinski definition) is 0. The van der Waals surface area contributed by atoms with Crippen molar-refractivity contribution in [3.05, 3.63) is 29.6 Å². The molecule has 0 bridgehead atoms. The van der Waals surface area contributed by atoms with E-state index in [2.05, 4.69) is 16.7 Å². The molecule has 1 aromatic carbocycles. The minimum Gasteiger partial charge on any atom is -0.364 e. The van der Waals surface area contributed by atoms with E-state index in [1.807, 2.05) is 19.1 Å². The molecule has 2 heterocycles. The van der Waals surface area contributed by atoms with Crippen LogP contribution in [-0.4, -0.2) is 36.6 Å². The fourth-order valence-corrected chi connectivity index (χ4v) is 3.37. The van der Waals surface area contributed by atoms with E-state index in [9.17, 15) is 4.39 Å². The van der Waals surface area contributed by atoms with Crippen LogP contribution < -0.4 is 4.90 Å². The minimum absolute atomic E-state index is 0.0844. The van der Waals surface area contributed by atoms with Crippen LogP contribution in [0.4, 0.5) is 10.1 Å². The van der Waals surface area contributed by atoms with E-state index in [1.54, 1.807) is 6.07 Å². The van der Waals surface area contributed by atoms with Gasteiger partial charge in [-0.3, -0.25) is 4.90 Å². The Bertz CT molecular complexity index is 446. The van der Waals surface area contributed by atoms with Crippen molar-refractivity contribution in [3.63, 3.8) is 0 Å². The number of fused-ring (bicyclic) bond motifs is 1. The lowest BCUT2D eigenvalue weighted by molar-refractivity contribution is 0.202. The van der Waals surface area contributed by atoms with Crippen LogP contribution in [0.5, 0.6) is 0 Å². The second-order valence-electron chi connectivity index (χ2n) is 5.75. The third kappa shape index (κ3) is 2.01. The standard InChI is InChI=1S/C15H21FN2/c1-11-5-6-14(16)15(8-11)18-10-13-4-3-7-17(13)9-12(18)2/h5-6,8,12-13H,3-4,7,9-10H2,1-2H3. The average molecular weight is 248 g/mol. The summed E-state index contributed by atoms with van der Waals surface area (Å²) in [6.07, 6.45) is 2.55. The van der Waals surface area contributed by atoms with E-state index in [0.717, 1.165) is 24.3 Å². The van der Waals surface area contributed by atoms with Crippen molar-refractivity contribution in [1.29, 1.82) is 0 Å². The van der Waals surface area contributed by atoms with E-state index in [-0.39, 0.29) is 5.82 Å². The first-order valence-corrected chi connectivity index (χ1v) is 6.92. The van der Waals surface area contributed by atoms with Crippen LogP contribution >= 0.6 is 0 Å². The van der Waals surface area contributed by atoms with Crippen molar-refractivity contribution in [1.82, 2.24) is 4.90 Å². The number of aryl methyl sites for hydroxylation is 1. The van der Waals surface area contributed by atoms with Crippen molar-refractivity contribution in [2.24, 2.45) is 0 Å². The lowest BCUT2D eigenvalue weighted by Gasteiger charge is -2.43. The number of halogens is 1. The molecular formula is C15H21FN2. The summed E-state index contributed by atoms with van der Waals surface area (Å²) < 4.78 is 14.0. The fourth-order valence-electron chi connectivity index (χ4n) is 3.37. The van der Waals surface area contributed by atoms with Gasteiger partial charge >= 0.3 is 0 Å². The molecule has 2 nitrogen and oxygen atoms in total. The molecule has 0 saturated carbocycles.